The first kappa shape index (κ1) is 15.5. The summed E-state index contributed by atoms with van der Waals surface area (Å²) in [5.74, 6) is -3.65. The first-order chi connectivity index (χ1) is 9.19. The van der Waals surface area contributed by atoms with Gasteiger partial charge in [-0.1, -0.05) is 11.6 Å². The molecule has 9 heteroatoms. The zero-order chi connectivity index (χ0) is 15.1. The van der Waals surface area contributed by atoms with Crippen LogP contribution < -0.4 is 4.90 Å². The average Bonchev–Trinajstić information content (AvgIpc) is 2.65. The second-order valence-electron chi connectivity index (χ2n) is 4.47. The minimum atomic E-state index is -3.74. The molecule has 0 N–H and O–H groups in total. The van der Waals surface area contributed by atoms with Crippen molar-refractivity contribution in [2.45, 2.75) is 6.42 Å². The van der Waals surface area contributed by atoms with Gasteiger partial charge in [-0.05, 0) is 12.1 Å². The summed E-state index contributed by atoms with van der Waals surface area (Å²) in [6.45, 7) is 0.0373. The molecular formula is C11H9Cl2F2NO3S. The Morgan fingerprint density at radius 2 is 2.00 bits per heavy atom. The van der Waals surface area contributed by atoms with E-state index in [2.05, 4.69) is 0 Å². The highest BCUT2D eigenvalue weighted by Gasteiger charge is 2.34. The lowest BCUT2D eigenvalue weighted by Crippen LogP contribution is -2.26. The minimum absolute atomic E-state index is 0.0186. The fourth-order valence-corrected chi connectivity index (χ4v) is 3.71. The minimum Gasteiger partial charge on any atom is -0.310 e. The molecule has 1 fully saturated rings. The lowest BCUT2D eigenvalue weighted by molar-refractivity contribution is -0.117. The van der Waals surface area contributed by atoms with Crippen molar-refractivity contribution in [2.75, 3.05) is 17.2 Å². The molecule has 2 rings (SSSR count). The molecule has 1 heterocycles. The maximum Gasteiger partial charge on any atom is 0.232 e. The van der Waals surface area contributed by atoms with E-state index in [1.54, 1.807) is 0 Å². The monoisotopic (exact) mass is 343 g/mol. The Kier molecular flexibility index (Phi) is 4.22. The van der Waals surface area contributed by atoms with Crippen LogP contribution >= 0.6 is 22.3 Å². The number of halogens is 4. The molecule has 1 aromatic carbocycles. The predicted octanol–water partition coefficient (Wildman–Crippen LogP) is 2.54. The first-order valence-electron chi connectivity index (χ1n) is 5.55. The van der Waals surface area contributed by atoms with Gasteiger partial charge in [0.2, 0.25) is 15.0 Å². The molecule has 1 saturated heterocycles. The van der Waals surface area contributed by atoms with E-state index in [1.807, 2.05) is 0 Å². The number of nitrogens with zero attached hydrogens (tertiary/aromatic N) is 1. The molecule has 1 atom stereocenters. The van der Waals surface area contributed by atoms with Crippen molar-refractivity contribution in [1.29, 1.82) is 0 Å². The molecule has 20 heavy (non-hydrogen) atoms. The highest BCUT2D eigenvalue weighted by Crippen LogP contribution is 2.34. The Morgan fingerprint density at radius 3 is 2.60 bits per heavy atom. The molecule has 4 nitrogen and oxygen atoms in total. The van der Waals surface area contributed by atoms with Gasteiger partial charge in [-0.25, -0.2) is 17.2 Å². The average molecular weight is 344 g/mol. The molecule has 0 bridgehead atoms. The van der Waals surface area contributed by atoms with Crippen LogP contribution in [0.15, 0.2) is 12.1 Å². The van der Waals surface area contributed by atoms with Crippen molar-refractivity contribution in [3.63, 3.8) is 0 Å². The van der Waals surface area contributed by atoms with Gasteiger partial charge in [-0.3, -0.25) is 4.79 Å². The van der Waals surface area contributed by atoms with Crippen LogP contribution in [0.5, 0.6) is 0 Å². The second-order valence-corrected chi connectivity index (χ2v) is 7.67. The van der Waals surface area contributed by atoms with E-state index in [0.29, 0.717) is 0 Å². The molecule has 0 saturated carbocycles. The van der Waals surface area contributed by atoms with E-state index in [0.717, 1.165) is 11.0 Å². The van der Waals surface area contributed by atoms with Gasteiger partial charge in [0.15, 0.2) is 11.6 Å². The fraction of sp³-hybridized carbons (Fsp3) is 0.364. The molecule has 1 aromatic rings. The van der Waals surface area contributed by atoms with Crippen molar-refractivity contribution < 1.29 is 22.0 Å². The third-order valence-corrected chi connectivity index (χ3v) is 4.55. The van der Waals surface area contributed by atoms with Gasteiger partial charge in [0, 0.05) is 29.6 Å². The van der Waals surface area contributed by atoms with Crippen LogP contribution in [0.1, 0.15) is 6.42 Å². The number of rotatable bonds is 3. The summed E-state index contributed by atoms with van der Waals surface area (Å²) in [5, 5.41) is -0.507. The number of benzene rings is 1. The zero-order valence-electron chi connectivity index (χ0n) is 9.95. The van der Waals surface area contributed by atoms with Gasteiger partial charge < -0.3 is 4.90 Å². The molecule has 0 spiro atoms. The molecular weight excluding hydrogens is 335 g/mol. The Balaban J connectivity index is 2.27. The van der Waals surface area contributed by atoms with Crippen molar-refractivity contribution in [3.05, 3.63) is 28.8 Å². The Hall–Kier alpha value is -0.920. The van der Waals surface area contributed by atoms with Crippen LogP contribution in [0, 0.1) is 17.6 Å². The molecule has 0 radical (unpaired) electrons. The van der Waals surface area contributed by atoms with E-state index < -0.39 is 37.5 Å². The first-order valence-corrected chi connectivity index (χ1v) is 8.41. The van der Waals surface area contributed by atoms with Crippen LogP contribution in [0.2, 0.25) is 5.02 Å². The SMILES string of the molecule is O=C1CC(CS(=O)(=O)Cl)CN1c1ccc(F)c(F)c1Cl. The fourth-order valence-electron chi connectivity index (χ4n) is 2.13. The Morgan fingerprint density at radius 1 is 1.35 bits per heavy atom. The lowest BCUT2D eigenvalue weighted by atomic mass is 10.1. The van der Waals surface area contributed by atoms with Crippen LogP contribution in [0.25, 0.3) is 0 Å². The van der Waals surface area contributed by atoms with E-state index in [9.17, 15) is 22.0 Å². The van der Waals surface area contributed by atoms with Crippen LogP contribution in [-0.4, -0.2) is 26.6 Å². The van der Waals surface area contributed by atoms with Crippen molar-refractivity contribution in [2.24, 2.45) is 5.92 Å². The highest BCUT2D eigenvalue weighted by molar-refractivity contribution is 8.13. The summed E-state index contributed by atoms with van der Waals surface area (Å²) < 4.78 is 48.4. The van der Waals surface area contributed by atoms with Crippen molar-refractivity contribution >= 4 is 42.9 Å². The number of carbonyl (C=O) groups is 1. The summed E-state index contributed by atoms with van der Waals surface area (Å²) in [7, 11) is 1.40. The van der Waals surface area contributed by atoms with E-state index in [1.165, 1.54) is 6.07 Å². The maximum absolute atomic E-state index is 13.4. The quantitative estimate of drug-likeness (QED) is 0.626. The summed E-state index contributed by atoms with van der Waals surface area (Å²) in [6, 6.07) is 2.03. The summed E-state index contributed by atoms with van der Waals surface area (Å²) >= 11 is 5.67. The highest BCUT2D eigenvalue weighted by atomic mass is 35.7. The van der Waals surface area contributed by atoms with Gasteiger partial charge in [-0.15, -0.1) is 0 Å². The molecule has 1 aliphatic heterocycles. The lowest BCUT2D eigenvalue weighted by Gasteiger charge is -2.18. The van der Waals surface area contributed by atoms with Gasteiger partial charge in [-0.2, -0.15) is 0 Å². The topological polar surface area (TPSA) is 54.5 Å². The zero-order valence-corrected chi connectivity index (χ0v) is 12.3. The van der Waals surface area contributed by atoms with Gasteiger partial charge >= 0.3 is 0 Å². The third-order valence-electron chi connectivity index (χ3n) is 2.95. The van der Waals surface area contributed by atoms with Gasteiger partial charge in [0.25, 0.3) is 0 Å². The number of anilines is 1. The van der Waals surface area contributed by atoms with E-state index >= 15 is 0 Å². The van der Waals surface area contributed by atoms with E-state index in [-0.39, 0.29) is 24.4 Å². The van der Waals surface area contributed by atoms with Gasteiger partial charge in [0.1, 0.15) is 5.02 Å². The van der Waals surface area contributed by atoms with Crippen LogP contribution in [0.3, 0.4) is 0 Å². The van der Waals surface area contributed by atoms with Crippen LogP contribution in [0.4, 0.5) is 14.5 Å². The van der Waals surface area contributed by atoms with Crippen LogP contribution in [-0.2, 0) is 13.8 Å². The molecule has 0 aromatic heterocycles. The van der Waals surface area contributed by atoms with Crippen molar-refractivity contribution in [3.8, 4) is 0 Å². The Labute approximate surface area is 123 Å². The molecule has 1 unspecified atom stereocenters. The van der Waals surface area contributed by atoms with Gasteiger partial charge in [0.05, 0.1) is 11.4 Å². The predicted molar refractivity (Wildman–Crippen MR) is 71.5 cm³/mol. The second kappa shape index (κ2) is 5.46. The molecule has 0 aliphatic carbocycles. The summed E-state index contributed by atoms with van der Waals surface area (Å²) in [5.41, 5.74) is 0.0186. The number of hydrogen-bond acceptors (Lipinski definition) is 3. The maximum atomic E-state index is 13.4. The molecule has 110 valence electrons. The Bertz CT molecular complexity index is 666. The summed E-state index contributed by atoms with van der Waals surface area (Å²) in [6.07, 6.45) is -0.0404. The number of carbonyl (C=O) groups excluding carboxylic acids is 1. The largest absolute Gasteiger partial charge is 0.310 e. The number of amides is 1. The molecule has 1 aliphatic rings. The molecule has 1 amide bonds. The standard InChI is InChI=1S/C11H9Cl2F2NO3S/c12-10-8(2-1-7(14)11(10)15)16-4-6(3-9(16)17)5-20(13,18)19/h1-2,6H,3-5H2. The number of hydrogen-bond donors (Lipinski definition) is 0. The van der Waals surface area contributed by atoms with Crippen molar-refractivity contribution in [1.82, 2.24) is 0 Å². The van der Waals surface area contributed by atoms with E-state index in [4.69, 9.17) is 22.3 Å². The third kappa shape index (κ3) is 3.21. The normalized spacial score (nSPS) is 19.7. The smallest absolute Gasteiger partial charge is 0.232 e. The summed E-state index contributed by atoms with van der Waals surface area (Å²) in [4.78, 5) is 13.0.